The maximum absolute atomic E-state index is 10.5. The highest BCUT2D eigenvalue weighted by Gasteiger charge is 2.03. The van der Waals surface area contributed by atoms with Gasteiger partial charge < -0.3 is 5.11 Å². The summed E-state index contributed by atoms with van der Waals surface area (Å²) in [7, 11) is 0. The molecule has 0 aliphatic heterocycles. The van der Waals surface area contributed by atoms with Gasteiger partial charge in [0.15, 0.2) is 0 Å². The van der Waals surface area contributed by atoms with Crippen molar-refractivity contribution in [3.05, 3.63) is 35.2 Å². The van der Waals surface area contributed by atoms with Gasteiger partial charge in [-0.2, -0.15) is 0 Å². The monoisotopic (exact) mass is 244 g/mol. The first-order valence-electron chi connectivity index (χ1n) is 6.02. The van der Waals surface area contributed by atoms with Crippen LogP contribution in [0.2, 0.25) is 0 Å². The summed E-state index contributed by atoms with van der Waals surface area (Å²) in [5, 5.41) is 8.61. The van der Waals surface area contributed by atoms with Crippen LogP contribution >= 0.6 is 0 Å². The molecule has 2 aromatic rings. The lowest BCUT2D eigenvalue weighted by molar-refractivity contribution is -0.137. The van der Waals surface area contributed by atoms with Crippen molar-refractivity contribution in [2.75, 3.05) is 0 Å². The summed E-state index contributed by atoms with van der Waals surface area (Å²) in [6.45, 7) is 3.89. The zero-order valence-electron chi connectivity index (χ0n) is 10.6. The van der Waals surface area contributed by atoms with Crippen LogP contribution in [0.3, 0.4) is 0 Å². The van der Waals surface area contributed by atoms with Crippen LogP contribution in [-0.2, 0) is 11.2 Å². The van der Waals surface area contributed by atoms with Gasteiger partial charge in [0.25, 0.3) is 0 Å². The lowest BCUT2D eigenvalue weighted by Gasteiger charge is -2.05. The van der Waals surface area contributed by atoms with Crippen LogP contribution in [0.4, 0.5) is 0 Å². The fourth-order valence-corrected chi connectivity index (χ4v) is 1.88. The number of rotatable bonds is 4. The predicted octanol–water partition coefficient (Wildman–Crippen LogP) is 2.65. The highest BCUT2D eigenvalue weighted by molar-refractivity contribution is 5.75. The van der Waals surface area contributed by atoms with Gasteiger partial charge in [-0.1, -0.05) is 6.07 Å². The molecule has 1 aromatic carbocycles. The third-order valence-electron chi connectivity index (χ3n) is 3.00. The second kappa shape index (κ2) is 5.12. The molecule has 4 heteroatoms. The summed E-state index contributed by atoms with van der Waals surface area (Å²) in [5.41, 5.74) is 4.76. The molecular weight excluding hydrogens is 228 g/mol. The van der Waals surface area contributed by atoms with Crippen LogP contribution in [0.1, 0.15) is 29.8 Å². The molecule has 4 nitrogen and oxygen atoms in total. The fraction of sp³-hybridized carbons (Fsp3) is 0.357. The lowest BCUT2D eigenvalue weighted by Crippen LogP contribution is -1.97. The first kappa shape index (κ1) is 12.5. The largest absolute Gasteiger partial charge is 0.481 e. The molecule has 0 saturated heterocycles. The summed E-state index contributed by atoms with van der Waals surface area (Å²) in [6.07, 6.45) is 1.62. The van der Waals surface area contributed by atoms with E-state index in [9.17, 15) is 4.79 Å². The van der Waals surface area contributed by atoms with Crippen molar-refractivity contribution in [2.45, 2.75) is 33.1 Å². The third-order valence-corrected chi connectivity index (χ3v) is 3.00. The SMILES string of the molecule is Cc1nc2ccc(CCCC(=O)O)cc2nc1C. The van der Waals surface area contributed by atoms with E-state index in [2.05, 4.69) is 9.97 Å². The van der Waals surface area contributed by atoms with Gasteiger partial charge in [0, 0.05) is 6.42 Å². The highest BCUT2D eigenvalue weighted by atomic mass is 16.4. The predicted molar refractivity (Wildman–Crippen MR) is 69.6 cm³/mol. The molecule has 0 atom stereocenters. The van der Waals surface area contributed by atoms with Gasteiger partial charge in [-0.3, -0.25) is 4.79 Å². The Bertz CT molecular complexity index is 594. The quantitative estimate of drug-likeness (QED) is 0.898. The maximum Gasteiger partial charge on any atom is 0.303 e. The fourth-order valence-electron chi connectivity index (χ4n) is 1.88. The second-order valence-electron chi connectivity index (χ2n) is 4.46. The van der Waals surface area contributed by atoms with E-state index in [1.165, 1.54) is 0 Å². The summed E-state index contributed by atoms with van der Waals surface area (Å²) in [6, 6.07) is 5.94. The molecule has 0 amide bonds. The number of carbonyl (C=O) groups is 1. The third kappa shape index (κ3) is 2.83. The van der Waals surface area contributed by atoms with E-state index >= 15 is 0 Å². The van der Waals surface area contributed by atoms with Crippen molar-refractivity contribution in [3.63, 3.8) is 0 Å². The summed E-state index contributed by atoms with van der Waals surface area (Å²) < 4.78 is 0. The van der Waals surface area contributed by atoms with E-state index in [1.807, 2.05) is 32.0 Å². The zero-order valence-corrected chi connectivity index (χ0v) is 10.6. The van der Waals surface area contributed by atoms with Gasteiger partial charge in [-0.25, -0.2) is 9.97 Å². The molecule has 0 fully saturated rings. The Labute approximate surface area is 106 Å². The van der Waals surface area contributed by atoms with E-state index < -0.39 is 5.97 Å². The van der Waals surface area contributed by atoms with Crippen molar-refractivity contribution < 1.29 is 9.90 Å². The standard InChI is InChI=1S/C14H16N2O2/c1-9-10(2)16-13-8-11(4-3-5-14(17)18)6-7-12(13)15-9/h6-8H,3-5H2,1-2H3,(H,17,18). The molecule has 1 aromatic heterocycles. The van der Waals surface area contributed by atoms with Crippen molar-refractivity contribution in [1.29, 1.82) is 0 Å². The molecule has 0 aliphatic carbocycles. The van der Waals surface area contributed by atoms with Crippen LogP contribution in [0.15, 0.2) is 18.2 Å². The summed E-state index contributed by atoms with van der Waals surface area (Å²) >= 11 is 0. The maximum atomic E-state index is 10.5. The number of hydrogen-bond acceptors (Lipinski definition) is 3. The molecule has 18 heavy (non-hydrogen) atoms. The van der Waals surface area contributed by atoms with Crippen LogP contribution in [0, 0.1) is 13.8 Å². The zero-order chi connectivity index (χ0) is 13.1. The molecule has 0 bridgehead atoms. The van der Waals surface area contributed by atoms with E-state index in [0.717, 1.165) is 34.4 Å². The Morgan fingerprint density at radius 2 is 1.83 bits per heavy atom. The van der Waals surface area contributed by atoms with Gasteiger partial charge >= 0.3 is 5.97 Å². The Kier molecular flexibility index (Phi) is 3.55. The lowest BCUT2D eigenvalue weighted by atomic mass is 10.1. The Morgan fingerprint density at radius 3 is 2.50 bits per heavy atom. The minimum atomic E-state index is -0.748. The number of carboxylic acid groups (broad SMARTS) is 1. The van der Waals surface area contributed by atoms with Crippen LogP contribution in [-0.4, -0.2) is 21.0 Å². The molecule has 0 aliphatic rings. The van der Waals surface area contributed by atoms with Crippen molar-refractivity contribution in [2.24, 2.45) is 0 Å². The molecule has 0 radical (unpaired) electrons. The Hall–Kier alpha value is -1.97. The molecular formula is C14H16N2O2. The summed E-state index contributed by atoms with van der Waals surface area (Å²) in [4.78, 5) is 19.4. The van der Waals surface area contributed by atoms with Crippen LogP contribution in [0.5, 0.6) is 0 Å². The van der Waals surface area contributed by atoms with Crippen LogP contribution in [0.25, 0.3) is 11.0 Å². The average molecular weight is 244 g/mol. The Balaban J connectivity index is 2.21. The van der Waals surface area contributed by atoms with E-state index in [1.54, 1.807) is 0 Å². The Morgan fingerprint density at radius 1 is 1.17 bits per heavy atom. The number of benzene rings is 1. The molecule has 94 valence electrons. The van der Waals surface area contributed by atoms with Gasteiger partial charge in [0.05, 0.1) is 22.4 Å². The summed E-state index contributed by atoms with van der Waals surface area (Å²) in [5.74, 6) is -0.748. The first-order valence-corrected chi connectivity index (χ1v) is 6.02. The molecule has 0 saturated carbocycles. The van der Waals surface area contributed by atoms with Crippen molar-refractivity contribution >= 4 is 17.0 Å². The van der Waals surface area contributed by atoms with Gasteiger partial charge in [0.2, 0.25) is 0 Å². The molecule has 2 rings (SSSR count). The van der Waals surface area contributed by atoms with E-state index in [0.29, 0.717) is 6.42 Å². The molecule has 1 N–H and O–H groups in total. The smallest absolute Gasteiger partial charge is 0.303 e. The number of nitrogens with zero attached hydrogens (tertiary/aromatic N) is 2. The van der Waals surface area contributed by atoms with Gasteiger partial charge in [-0.05, 0) is 44.4 Å². The van der Waals surface area contributed by atoms with E-state index in [-0.39, 0.29) is 6.42 Å². The van der Waals surface area contributed by atoms with Gasteiger partial charge in [-0.15, -0.1) is 0 Å². The number of hydrogen-bond donors (Lipinski definition) is 1. The normalized spacial score (nSPS) is 10.8. The minimum absolute atomic E-state index is 0.205. The van der Waals surface area contributed by atoms with E-state index in [4.69, 9.17) is 5.11 Å². The minimum Gasteiger partial charge on any atom is -0.481 e. The first-order chi connectivity index (χ1) is 8.56. The number of fused-ring (bicyclic) bond motifs is 1. The number of aliphatic carboxylic acids is 1. The number of aryl methyl sites for hydroxylation is 3. The highest BCUT2D eigenvalue weighted by Crippen LogP contribution is 2.15. The molecule has 0 unspecified atom stereocenters. The molecule has 0 spiro atoms. The average Bonchev–Trinajstić information content (AvgIpc) is 2.30. The topological polar surface area (TPSA) is 63.1 Å². The van der Waals surface area contributed by atoms with Crippen molar-refractivity contribution in [3.8, 4) is 0 Å². The van der Waals surface area contributed by atoms with Crippen molar-refractivity contribution in [1.82, 2.24) is 9.97 Å². The number of aromatic nitrogens is 2. The molecule has 1 heterocycles. The van der Waals surface area contributed by atoms with Gasteiger partial charge in [0.1, 0.15) is 0 Å². The second-order valence-corrected chi connectivity index (χ2v) is 4.46. The van der Waals surface area contributed by atoms with Crippen LogP contribution < -0.4 is 0 Å². The number of carboxylic acids is 1.